The second kappa shape index (κ2) is 9.17. The number of amides is 1. The number of para-hydroxylation sites is 1. The van der Waals surface area contributed by atoms with Crippen molar-refractivity contribution < 1.29 is 18.0 Å². The second-order valence-electron chi connectivity index (χ2n) is 6.40. The third-order valence-electron chi connectivity index (χ3n) is 4.32. The van der Waals surface area contributed by atoms with Crippen LogP contribution in [0.3, 0.4) is 0 Å². The lowest BCUT2D eigenvalue weighted by atomic mass is 10.1. The molecule has 0 bridgehead atoms. The molecule has 0 unspecified atom stereocenters. The van der Waals surface area contributed by atoms with Crippen LogP contribution < -0.4 is 16.2 Å². The lowest BCUT2D eigenvalue weighted by Crippen LogP contribution is -2.26. The maximum absolute atomic E-state index is 12.7. The maximum atomic E-state index is 12.7. The molecule has 0 spiro atoms. The van der Waals surface area contributed by atoms with E-state index in [2.05, 4.69) is 20.7 Å². The number of nitrogens with one attached hydrogen (secondary N) is 2. The van der Waals surface area contributed by atoms with Crippen LogP contribution in [0.25, 0.3) is 5.82 Å². The lowest BCUT2D eigenvalue weighted by molar-refractivity contribution is -0.137. The fraction of sp³-hybridized carbons (Fsp3) is 0.200. The minimum atomic E-state index is -4.55. The summed E-state index contributed by atoms with van der Waals surface area (Å²) in [5.74, 6) is -0.481. The first-order valence-corrected chi connectivity index (χ1v) is 9.51. The molecular weight excluding hydrogens is 435 g/mol. The Labute approximate surface area is 179 Å². The molecule has 1 amide bonds. The Balaban J connectivity index is 1.72. The summed E-state index contributed by atoms with van der Waals surface area (Å²) in [5.41, 5.74) is 0.0146. The molecule has 3 rings (SSSR count). The number of halogens is 4. The van der Waals surface area contributed by atoms with Gasteiger partial charge in [0, 0.05) is 11.9 Å². The molecule has 0 aliphatic carbocycles. The van der Waals surface area contributed by atoms with Gasteiger partial charge in [0.05, 0.1) is 24.0 Å². The Morgan fingerprint density at radius 3 is 2.52 bits per heavy atom. The summed E-state index contributed by atoms with van der Waals surface area (Å²) in [5, 5.41) is 9.09. The molecule has 31 heavy (non-hydrogen) atoms. The van der Waals surface area contributed by atoms with E-state index in [1.54, 1.807) is 12.1 Å². The van der Waals surface area contributed by atoms with Crippen molar-refractivity contribution in [1.29, 1.82) is 0 Å². The molecule has 7 nitrogen and oxygen atoms in total. The molecule has 2 N–H and O–H groups in total. The molecule has 0 saturated carbocycles. The van der Waals surface area contributed by atoms with Crippen molar-refractivity contribution in [3.05, 3.63) is 75.3 Å². The van der Waals surface area contributed by atoms with E-state index in [1.165, 1.54) is 6.20 Å². The molecule has 3 aromatic rings. The maximum Gasteiger partial charge on any atom is 0.417 e. The van der Waals surface area contributed by atoms with Crippen LogP contribution in [0.4, 0.5) is 24.5 Å². The minimum Gasteiger partial charge on any atom is -0.373 e. The Morgan fingerprint density at radius 2 is 1.87 bits per heavy atom. The second-order valence-corrected chi connectivity index (χ2v) is 6.78. The Hall–Kier alpha value is -3.40. The van der Waals surface area contributed by atoms with Gasteiger partial charge in [-0.05, 0) is 30.2 Å². The van der Waals surface area contributed by atoms with E-state index in [0.29, 0.717) is 11.9 Å². The number of aryl methyl sites for hydroxylation is 1. The fourth-order valence-electron chi connectivity index (χ4n) is 2.72. The first kappa shape index (κ1) is 22.3. The summed E-state index contributed by atoms with van der Waals surface area (Å²) in [6.45, 7) is 1.79. The predicted octanol–water partition coefficient (Wildman–Crippen LogP) is 3.91. The van der Waals surface area contributed by atoms with Crippen molar-refractivity contribution in [1.82, 2.24) is 14.8 Å². The molecule has 0 radical (unpaired) electrons. The van der Waals surface area contributed by atoms with Gasteiger partial charge in [-0.25, -0.2) is 4.98 Å². The molecule has 2 heterocycles. The van der Waals surface area contributed by atoms with Gasteiger partial charge in [0.15, 0.2) is 5.82 Å². The van der Waals surface area contributed by atoms with Crippen LogP contribution in [0.5, 0.6) is 0 Å². The van der Waals surface area contributed by atoms with Gasteiger partial charge in [-0.1, -0.05) is 36.7 Å². The molecule has 2 aromatic heterocycles. The standard InChI is InChI=1S/C20H17ClF3N5O2/c1-2-12-5-3-4-6-14(12)28-17(30)11-25-15-10-27-29(19(31)18(15)21)16-8-7-13(9-26-16)20(22,23)24/h3-10,25H,2,11H2,1H3,(H,28,30). The van der Waals surface area contributed by atoms with Crippen molar-refractivity contribution in [3.8, 4) is 5.82 Å². The van der Waals surface area contributed by atoms with Gasteiger partial charge in [0.1, 0.15) is 5.02 Å². The van der Waals surface area contributed by atoms with E-state index in [4.69, 9.17) is 11.6 Å². The number of rotatable bonds is 6. The van der Waals surface area contributed by atoms with E-state index in [9.17, 15) is 22.8 Å². The monoisotopic (exact) mass is 451 g/mol. The molecule has 0 saturated heterocycles. The van der Waals surface area contributed by atoms with E-state index in [-0.39, 0.29) is 29.0 Å². The van der Waals surface area contributed by atoms with Crippen LogP contribution >= 0.6 is 11.6 Å². The number of carbonyl (C=O) groups is 1. The number of nitrogens with zero attached hydrogens (tertiary/aromatic N) is 3. The number of hydrogen-bond acceptors (Lipinski definition) is 5. The van der Waals surface area contributed by atoms with Crippen LogP contribution in [0, 0.1) is 0 Å². The van der Waals surface area contributed by atoms with Crippen LogP contribution in [0.2, 0.25) is 5.02 Å². The average molecular weight is 452 g/mol. The summed E-state index contributed by atoms with van der Waals surface area (Å²) >= 11 is 6.07. The molecule has 1 aromatic carbocycles. The summed E-state index contributed by atoms with van der Waals surface area (Å²) in [4.78, 5) is 28.3. The van der Waals surface area contributed by atoms with Gasteiger partial charge < -0.3 is 10.6 Å². The molecule has 162 valence electrons. The van der Waals surface area contributed by atoms with Crippen molar-refractivity contribution in [3.63, 3.8) is 0 Å². The first-order chi connectivity index (χ1) is 14.7. The SMILES string of the molecule is CCc1ccccc1NC(=O)CNc1cnn(-c2ccc(C(F)(F)F)cn2)c(=O)c1Cl. The van der Waals surface area contributed by atoms with Crippen LogP contribution in [0.1, 0.15) is 18.1 Å². The van der Waals surface area contributed by atoms with Crippen LogP contribution in [0.15, 0.2) is 53.6 Å². The molecule has 0 fully saturated rings. The van der Waals surface area contributed by atoms with Gasteiger partial charge in [0.25, 0.3) is 5.56 Å². The zero-order valence-electron chi connectivity index (χ0n) is 16.2. The number of pyridine rings is 1. The fourth-order valence-corrected chi connectivity index (χ4v) is 2.91. The average Bonchev–Trinajstić information content (AvgIpc) is 2.74. The third kappa shape index (κ3) is 5.21. The summed E-state index contributed by atoms with van der Waals surface area (Å²) in [6.07, 6.45) is -2.01. The zero-order valence-corrected chi connectivity index (χ0v) is 17.0. The van der Waals surface area contributed by atoms with Crippen molar-refractivity contribution in [2.75, 3.05) is 17.2 Å². The molecule has 11 heteroatoms. The normalized spacial score (nSPS) is 11.3. The number of hydrogen-bond donors (Lipinski definition) is 2. The number of benzene rings is 1. The van der Waals surface area contributed by atoms with E-state index >= 15 is 0 Å². The van der Waals surface area contributed by atoms with Gasteiger partial charge in [-0.15, -0.1) is 0 Å². The van der Waals surface area contributed by atoms with Crippen molar-refractivity contribution in [2.24, 2.45) is 0 Å². The Morgan fingerprint density at radius 1 is 1.13 bits per heavy atom. The van der Waals surface area contributed by atoms with Gasteiger partial charge in [0.2, 0.25) is 5.91 Å². The lowest BCUT2D eigenvalue weighted by Gasteiger charge is -2.12. The smallest absolute Gasteiger partial charge is 0.373 e. The highest BCUT2D eigenvalue weighted by atomic mass is 35.5. The summed E-state index contributed by atoms with van der Waals surface area (Å²) in [6, 6.07) is 9.16. The Kier molecular flexibility index (Phi) is 6.59. The quantitative estimate of drug-likeness (QED) is 0.593. The molecule has 0 aliphatic heterocycles. The number of carbonyl (C=O) groups excluding carboxylic acids is 1. The number of aromatic nitrogens is 3. The summed E-state index contributed by atoms with van der Waals surface area (Å²) in [7, 11) is 0. The Bertz CT molecular complexity index is 1150. The zero-order chi connectivity index (χ0) is 22.6. The number of alkyl halides is 3. The van der Waals surface area contributed by atoms with Crippen LogP contribution in [-0.4, -0.2) is 27.2 Å². The minimum absolute atomic E-state index is 0.105. The largest absolute Gasteiger partial charge is 0.417 e. The van der Waals surface area contributed by atoms with Crippen molar-refractivity contribution >= 4 is 28.9 Å². The predicted molar refractivity (Wildman–Crippen MR) is 111 cm³/mol. The van der Waals surface area contributed by atoms with E-state index in [0.717, 1.165) is 28.8 Å². The van der Waals surface area contributed by atoms with E-state index < -0.39 is 17.3 Å². The third-order valence-corrected chi connectivity index (χ3v) is 4.69. The molecular formula is C20H17ClF3N5O2. The highest BCUT2D eigenvalue weighted by Crippen LogP contribution is 2.28. The van der Waals surface area contributed by atoms with Crippen molar-refractivity contribution in [2.45, 2.75) is 19.5 Å². The summed E-state index contributed by atoms with van der Waals surface area (Å²) < 4.78 is 38.8. The van der Waals surface area contributed by atoms with Gasteiger partial charge >= 0.3 is 6.18 Å². The molecule has 0 aliphatic rings. The highest BCUT2D eigenvalue weighted by molar-refractivity contribution is 6.33. The first-order valence-electron chi connectivity index (χ1n) is 9.13. The topological polar surface area (TPSA) is 88.9 Å². The van der Waals surface area contributed by atoms with Gasteiger partial charge in [-0.2, -0.15) is 23.0 Å². The number of anilines is 2. The van der Waals surface area contributed by atoms with Gasteiger partial charge in [-0.3, -0.25) is 9.59 Å². The highest BCUT2D eigenvalue weighted by Gasteiger charge is 2.30. The van der Waals surface area contributed by atoms with E-state index in [1.807, 2.05) is 19.1 Å². The van der Waals surface area contributed by atoms with Crippen LogP contribution in [-0.2, 0) is 17.4 Å². The molecule has 0 atom stereocenters.